The maximum atomic E-state index is 4.50. The molecule has 2 nitrogen and oxygen atoms in total. The van der Waals surface area contributed by atoms with E-state index in [1.807, 2.05) is 108 Å². The quantitative estimate of drug-likeness (QED) is 0.101. The summed E-state index contributed by atoms with van der Waals surface area (Å²) in [4.78, 5) is 0. The zero-order chi connectivity index (χ0) is 59.0. The fraction of sp³-hybridized carbons (Fsp3) is 0.165. The largest absolute Gasteiger partial charge is 0.355 e. The zero-order valence-electron chi connectivity index (χ0n) is 50.5. The van der Waals surface area contributed by atoms with Crippen molar-refractivity contribution in [3.63, 3.8) is 0 Å². The molecule has 0 bridgehead atoms. The zero-order valence-corrected chi connectivity index (χ0v) is 50.5. The summed E-state index contributed by atoms with van der Waals surface area (Å²) in [5.41, 5.74) is 18.2. The van der Waals surface area contributed by atoms with Crippen LogP contribution < -0.4 is 5.32 Å². The van der Waals surface area contributed by atoms with Crippen LogP contribution in [0.15, 0.2) is 299 Å². The first-order chi connectivity index (χ1) is 39.6. The Labute approximate surface area is 489 Å². The third-order valence-electron chi connectivity index (χ3n) is 12.2. The maximum absolute atomic E-state index is 4.50. The Morgan fingerprint density at radius 3 is 1.40 bits per heavy atom. The topological polar surface area (TPSA) is 17.0 Å². The van der Waals surface area contributed by atoms with Crippen molar-refractivity contribution in [3.8, 4) is 27.9 Å². The van der Waals surface area contributed by atoms with Crippen molar-refractivity contribution in [2.24, 2.45) is 0 Å². The molecular formula is C79H90N2. The van der Waals surface area contributed by atoms with E-state index in [1.165, 1.54) is 72.0 Å². The van der Waals surface area contributed by atoms with Crippen LogP contribution in [0.1, 0.15) is 89.1 Å². The molecule has 0 aliphatic rings. The number of rotatable bonds is 11. The Morgan fingerprint density at radius 1 is 0.432 bits per heavy atom. The summed E-state index contributed by atoms with van der Waals surface area (Å²) in [6.45, 7) is 33.7. The highest BCUT2D eigenvalue weighted by atomic mass is 15.0. The highest BCUT2D eigenvalue weighted by Crippen LogP contribution is 2.37. The summed E-state index contributed by atoms with van der Waals surface area (Å²) in [5.74, 6) is 0. The molecule has 1 N–H and O–H groups in total. The van der Waals surface area contributed by atoms with E-state index in [4.69, 9.17) is 0 Å². The summed E-state index contributed by atoms with van der Waals surface area (Å²) in [5, 5.41) is 6.16. The van der Waals surface area contributed by atoms with Gasteiger partial charge in [-0.1, -0.05) is 288 Å². The van der Waals surface area contributed by atoms with E-state index in [-0.39, 0.29) is 0 Å². The summed E-state index contributed by atoms with van der Waals surface area (Å²) in [6.07, 6.45) is 17.5. The molecule has 10 rings (SSSR count). The minimum atomic E-state index is 0.917. The second-order valence-corrected chi connectivity index (χ2v) is 18.5. The van der Waals surface area contributed by atoms with Gasteiger partial charge in [0.25, 0.3) is 0 Å². The number of fused-ring (bicyclic) bond motifs is 3. The molecule has 0 fully saturated rings. The fourth-order valence-electron chi connectivity index (χ4n) is 8.18. The van der Waals surface area contributed by atoms with E-state index in [9.17, 15) is 0 Å². The van der Waals surface area contributed by atoms with Gasteiger partial charge in [-0.2, -0.15) is 0 Å². The molecule has 1 heterocycles. The molecule has 0 amide bonds. The van der Waals surface area contributed by atoms with Crippen LogP contribution in [0, 0.1) is 27.7 Å². The number of aromatic nitrogens is 1. The second kappa shape index (κ2) is 39.4. The third-order valence-corrected chi connectivity index (χ3v) is 12.2. The highest BCUT2D eigenvalue weighted by Gasteiger charge is 2.15. The number of hydrogen-bond acceptors (Lipinski definition) is 1. The molecule has 0 radical (unpaired) electrons. The van der Waals surface area contributed by atoms with E-state index in [2.05, 4.69) is 264 Å². The molecule has 81 heavy (non-hydrogen) atoms. The number of para-hydroxylation sites is 2. The number of benzene rings is 9. The van der Waals surface area contributed by atoms with Crippen molar-refractivity contribution in [3.05, 3.63) is 327 Å². The molecule has 416 valence electrons. The van der Waals surface area contributed by atoms with Gasteiger partial charge in [-0.25, -0.2) is 0 Å². The third kappa shape index (κ3) is 23.1. The molecule has 10 aromatic rings. The van der Waals surface area contributed by atoms with Crippen LogP contribution in [0.3, 0.4) is 0 Å². The van der Waals surface area contributed by atoms with Crippen molar-refractivity contribution < 1.29 is 0 Å². The number of hydrogen-bond donors (Lipinski definition) is 1. The van der Waals surface area contributed by atoms with Gasteiger partial charge in [-0.05, 0) is 144 Å². The molecule has 0 aliphatic carbocycles. The Hall–Kier alpha value is -8.98. The van der Waals surface area contributed by atoms with Crippen LogP contribution in [0.4, 0.5) is 11.4 Å². The van der Waals surface area contributed by atoms with Crippen molar-refractivity contribution in [1.29, 1.82) is 0 Å². The first-order valence-electron chi connectivity index (χ1n) is 28.6. The van der Waals surface area contributed by atoms with Crippen molar-refractivity contribution in [2.45, 2.75) is 89.0 Å². The Kier molecular flexibility index (Phi) is 32.2. The normalized spacial score (nSPS) is 10.0. The summed E-state index contributed by atoms with van der Waals surface area (Å²) in [6, 6.07) is 80.9. The smallest absolute Gasteiger partial charge is 0.0541 e. The van der Waals surface area contributed by atoms with E-state index in [1.54, 1.807) is 12.2 Å². The molecule has 0 spiro atoms. The number of nitrogens with one attached hydrogen (secondary N) is 1. The van der Waals surface area contributed by atoms with Gasteiger partial charge < -0.3 is 9.88 Å². The Bertz CT molecular complexity index is 3350. The number of aryl methyl sites for hydroxylation is 4. The Balaban J connectivity index is 0.000000337. The minimum absolute atomic E-state index is 0.917. The first kappa shape index (κ1) is 66.3. The number of nitrogens with zero attached hydrogens (tertiary/aromatic N) is 1. The lowest BCUT2D eigenvalue weighted by molar-refractivity contribution is 1.07. The molecule has 0 aliphatic heterocycles. The fourth-order valence-corrected chi connectivity index (χ4v) is 8.18. The van der Waals surface area contributed by atoms with Crippen LogP contribution >= 0.6 is 0 Å². The molecule has 9 aromatic carbocycles. The Morgan fingerprint density at radius 2 is 0.877 bits per heavy atom. The van der Waals surface area contributed by atoms with Gasteiger partial charge >= 0.3 is 0 Å². The van der Waals surface area contributed by atoms with Crippen LogP contribution in [0.25, 0.3) is 55.3 Å². The van der Waals surface area contributed by atoms with Gasteiger partial charge in [0.05, 0.1) is 11.0 Å². The van der Waals surface area contributed by atoms with Crippen LogP contribution in [-0.2, 0) is 0 Å². The van der Waals surface area contributed by atoms with Gasteiger partial charge in [0, 0.05) is 33.4 Å². The van der Waals surface area contributed by atoms with Gasteiger partial charge in [0.2, 0.25) is 0 Å². The molecule has 0 unspecified atom stereocenters. The predicted molar refractivity (Wildman–Crippen MR) is 365 cm³/mol. The summed E-state index contributed by atoms with van der Waals surface area (Å²) >= 11 is 0. The second-order valence-electron chi connectivity index (χ2n) is 18.5. The lowest BCUT2D eigenvalue weighted by atomic mass is 9.95. The molecule has 1 aromatic heterocycles. The van der Waals surface area contributed by atoms with Crippen LogP contribution in [0.5, 0.6) is 0 Å². The number of anilines is 2. The van der Waals surface area contributed by atoms with Gasteiger partial charge in [0.15, 0.2) is 0 Å². The van der Waals surface area contributed by atoms with E-state index in [0.717, 1.165) is 35.4 Å². The monoisotopic (exact) mass is 1070 g/mol. The van der Waals surface area contributed by atoms with Crippen molar-refractivity contribution in [2.75, 3.05) is 5.32 Å². The summed E-state index contributed by atoms with van der Waals surface area (Å²) < 4.78 is 2.36. The SMILES string of the molecule is C=C(CC/C=C\C)c1cc(-c2ccc3c(c2)c2ccccc2n3-c2ccccc2)ccc1Nc1ccc(C)cc1.C=C/C=C\C=C/C.C=CC.CC.CC.Cc1ccc(-c2ccccc2)cc1.Cc1ccccc1.Cc1ccccc1. The molecule has 0 atom stereocenters. The van der Waals surface area contributed by atoms with E-state index < -0.39 is 0 Å². The lowest BCUT2D eigenvalue weighted by Gasteiger charge is -2.16. The average Bonchev–Trinajstić information content (AvgIpc) is 3.93. The van der Waals surface area contributed by atoms with Gasteiger partial charge in [0.1, 0.15) is 0 Å². The van der Waals surface area contributed by atoms with E-state index >= 15 is 0 Å². The number of allylic oxidation sites excluding steroid dienone is 9. The van der Waals surface area contributed by atoms with Gasteiger partial charge in [-0.15, -0.1) is 6.58 Å². The van der Waals surface area contributed by atoms with Crippen molar-refractivity contribution in [1.82, 2.24) is 4.57 Å². The average molecular weight is 1070 g/mol. The van der Waals surface area contributed by atoms with E-state index in [0.29, 0.717) is 0 Å². The highest BCUT2D eigenvalue weighted by molar-refractivity contribution is 6.10. The van der Waals surface area contributed by atoms with Crippen LogP contribution in [0.2, 0.25) is 0 Å². The van der Waals surface area contributed by atoms with Crippen molar-refractivity contribution >= 4 is 38.8 Å². The van der Waals surface area contributed by atoms with Crippen LogP contribution in [-0.4, -0.2) is 4.57 Å². The predicted octanol–water partition coefficient (Wildman–Crippen LogP) is 24.1. The molecule has 0 saturated heterocycles. The standard InChI is InChI=1S/C38H34N2.C13H12.2C7H8.C7H10.C3H6.2C2H6/c1-4-5-7-12-28(3)34-25-29(19-23-36(34)39-31-21-17-27(2)18-22-31)30-20-24-38-35(26-30)33-15-10-11-16-37(33)40(38)32-13-8-6-9-14-32;1-11-7-9-13(10-8-11)12-5-3-2-4-6-12;2*1-7-5-3-2-4-6-7;1-3-5-7-6-4-2;1-3-2;2*1-2/h4-6,8-11,13-26,39H,3,7,12H2,1-2H3;2-10H,1H3;2*2-6H,1H3;3-7H,1H2,2H3;3H,1H2,2H3;2*1-2H3/b5-4-;;;;6-4-,7-5-;;;. The first-order valence-corrected chi connectivity index (χ1v) is 28.6. The lowest BCUT2D eigenvalue weighted by Crippen LogP contribution is -1.97. The van der Waals surface area contributed by atoms with Gasteiger partial charge in [-0.3, -0.25) is 0 Å². The summed E-state index contributed by atoms with van der Waals surface area (Å²) in [7, 11) is 0. The minimum Gasteiger partial charge on any atom is -0.355 e. The molecule has 0 saturated carbocycles. The molecular weight excluding hydrogens is 977 g/mol. The molecule has 2 heteroatoms. The maximum Gasteiger partial charge on any atom is 0.0541 e.